The monoisotopic (exact) mass is 404 g/mol. The summed E-state index contributed by atoms with van der Waals surface area (Å²) in [6.07, 6.45) is 0. The lowest BCUT2D eigenvalue weighted by Crippen LogP contribution is -2.43. The van der Waals surface area contributed by atoms with Crippen LogP contribution in [0.5, 0.6) is 5.75 Å². The normalized spacial score (nSPS) is 12.1. The molecular weight excluding hydrogens is 384 g/mol. The molecule has 0 spiro atoms. The number of rotatable bonds is 5. The molecule has 3 aromatic rings. The Kier molecular flexibility index (Phi) is 4.95. The van der Waals surface area contributed by atoms with Gasteiger partial charge in [0.25, 0.3) is 0 Å². The first kappa shape index (κ1) is 17.4. The van der Waals surface area contributed by atoms with E-state index in [0.717, 1.165) is 26.2 Å². The third-order valence-corrected chi connectivity index (χ3v) is 5.70. The van der Waals surface area contributed by atoms with Crippen LogP contribution < -0.4 is 4.74 Å². The third-order valence-electron chi connectivity index (χ3n) is 4.36. The van der Waals surface area contributed by atoms with Gasteiger partial charge in [-0.05, 0) is 69.8 Å². The lowest BCUT2D eigenvalue weighted by molar-refractivity contribution is 0.114. The van der Waals surface area contributed by atoms with Gasteiger partial charge in [-0.25, -0.2) is 0 Å². The van der Waals surface area contributed by atoms with Gasteiger partial charge in [0.2, 0.25) is 0 Å². The first-order chi connectivity index (χ1) is 11.4. The summed E-state index contributed by atoms with van der Waals surface area (Å²) in [5, 5.41) is 1.17. The Morgan fingerprint density at radius 2 is 1.83 bits per heavy atom. The van der Waals surface area contributed by atoms with E-state index in [-0.39, 0.29) is 5.54 Å². The van der Waals surface area contributed by atoms with E-state index < -0.39 is 0 Å². The van der Waals surface area contributed by atoms with Crippen LogP contribution in [-0.2, 0) is 0 Å². The second-order valence-electron chi connectivity index (χ2n) is 6.69. The van der Waals surface area contributed by atoms with Gasteiger partial charge in [-0.2, -0.15) is 4.37 Å². The second-order valence-corrected chi connectivity index (χ2v) is 8.41. The number of hydrogen-bond acceptors (Lipinski definition) is 4. The van der Waals surface area contributed by atoms with Crippen molar-refractivity contribution in [2.45, 2.75) is 19.4 Å². The van der Waals surface area contributed by atoms with Crippen LogP contribution in [0.25, 0.3) is 21.3 Å². The van der Waals surface area contributed by atoms with Crippen molar-refractivity contribution in [3.63, 3.8) is 0 Å². The molecule has 0 N–H and O–H groups in total. The fourth-order valence-electron chi connectivity index (χ4n) is 2.21. The van der Waals surface area contributed by atoms with E-state index in [0.29, 0.717) is 6.61 Å². The lowest BCUT2D eigenvalue weighted by Gasteiger charge is -2.32. The van der Waals surface area contributed by atoms with E-state index in [4.69, 9.17) is 4.74 Å². The van der Waals surface area contributed by atoms with Crippen molar-refractivity contribution < 1.29 is 4.74 Å². The minimum absolute atomic E-state index is 0.00869. The van der Waals surface area contributed by atoms with E-state index in [1.807, 2.05) is 18.2 Å². The predicted octanol–water partition coefficient (Wildman–Crippen LogP) is 5.44. The number of aromatic nitrogens is 1. The number of fused-ring (bicyclic) bond motifs is 1. The van der Waals surface area contributed by atoms with Crippen molar-refractivity contribution >= 4 is 37.5 Å². The first-order valence-corrected chi connectivity index (χ1v) is 9.39. The number of halogens is 1. The van der Waals surface area contributed by atoms with Crippen molar-refractivity contribution in [3.05, 3.63) is 46.9 Å². The molecule has 0 unspecified atom stereocenters. The molecule has 0 aliphatic heterocycles. The molecule has 3 rings (SSSR count). The molecule has 0 aliphatic carbocycles. The third kappa shape index (κ3) is 3.63. The summed E-state index contributed by atoms with van der Waals surface area (Å²) in [6, 6.07) is 14.5. The molecule has 1 aromatic heterocycles. The number of benzene rings is 2. The Morgan fingerprint density at radius 3 is 2.50 bits per heavy atom. The van der Waals surface area contributed by atoms with E-state index in [1.165, 1.54) is 16.9 Å². The molecule has 1 heterocycles. The molecule has 24 heavy (non-hydrogen) atoms. The van der Waals surface area contributed by atoms with Crippen LogP contribution in [0.4, 0.5) is 0 Å². The Balaban J connectivity index is 1.84. The minimum atomic E-state index is -0.00869. The van der Waals surface area contributed by atoms with Crippen LogP contribution >= 0.6 is 27.5 Å². The quantitative estimate of drug-likeness (QED) is 0.565. The van der Waals surface area contributed by atoms with E-state index in [2.05, 4.69) is 77.4 Å². The highest BCUT2D eigenvalue weighted by Crippen LogP contribution is 2.33. The molecule has 3 nitrogen and oxygen atoms in total. The van der Waals surface area contributed by atoms with Crippen molar-refractivity contribution in [1.82, 2.24) is 9.27 Å². The zero-order valence-electron chi connectivity index (χ0n) is 14.3. The topological polar surface area (TPSA) is 25.4 Å². The Labute approximate surface area is 155 Å². The maximum absolute atomic E-state index is 6.00. The summed E-state index contributed by atoms with van der Waals surface area (Å²) in [5.74, 6) is 0.892. The maximum Gasteiger partial charge on any atom is 0.120 e. The highest BCUT2D eigenvalue weighted by molar-refractivity contribution is 9.10. The van der Waals surface area contributed by atoms with Gasteiger partial charge in [-0.1, -0.05) is 28.1 Å². The van der Waals surface area contributed by atoms with Crippen molar-refractivity contribution in [2.75, 3.05) is 20.7 Å². The molecule has 0 fully saturated rings. The van der Waals surface area contributed by atoms with Crippen LogP contribution in [0.1, 0.15) is 13.8 Å². The molecule has 2 aromatic carbocycles. The van der Waals surface area contributed by atoms with Crippen LogP contribution in [0.3, 0.4) is 0 Å². The zero-order valence-corrected chi connectivity index (χ0v) is 16.7. The number of hydrogen-bond donors (Lipinski definition) is 0. The molecule has 0 atom stereocenters. The lowest BCUT2D eigenvalue weighted by atomic mass is 10.1. The first-order valence-electron chi connectivity index (χ1n) is 7.82. The van der Waals surface area contributed by atoms with Crippen molar-refractivity contribution in [2.24, 2.45) is 0 Å². The summed E-state index contributed by atoms with van der Waals surface area (Å²) < 4.78 is 12.9. The highest BCUT2D eigenvalue weighted by Gasteiger charge is 2.21. The van der Waals surface area contributed by atoms with Gasteiger partial charge in [0.1, 0.15) is 12.4 Å². The summed E-state index contributed by atoms with van der Waals surface area (Å²) in [7, 11) is 4.14. The number of nitrogens with zero attached hydrogens (tertiary/aromatic N) is 2. The minimum Gasteiger partial charge on any atom is -0.492 e. The Bertz CT molecular complexity index is 840. The molecule has 0 radical (unpaired) electrons. The largest absolute Gasteiger partial charge is 0.492 e. The van der Waals surface area contributed by atoms with Crippen LogP contribution in [0.15, 0.2) is 46.9 Å². The predicted molar refractivity (Wildman–Crippen MR) is 106 cm³/mol. The van der Waals surface area contributed by atoms with Gasteiger partial charge in [0.05, 0.1) is 10.4 Å². The number of likely N-dealkylation sites (N-methyl/N-ethyl adjacent to an activating group) is 1. The standard InChI is InChI=1S/C19H21BrN2OS/c1-19(2,22(3)4)12-23-15-9-10-16-17(11-15)24-21-18(16)13-5-7-14(20)8-6-13/h5-11H,12H2,1-4H3. The summed E-state index contributed by atoms with van der Waals surface area (Å²) in [6.45, 7) is 4.98. The SMILES string of the molecule is CN(C)C(C)(C)COc1ccc2c(-c3ccc(Br)cc3)nsc2c1. The fourth-order valence-corrected chi connectivity index (χ4v) is 3.30. The van der Waals surface area contributed by atoms with Gasteiger partial charge < -0.3 is 9.64 Å². The molecule has 126 valence electrons. The summed E-state index contributed by atoms with van der Waals surface area (Å²) >= 11 is 4.99. The summed E-state index contributed by atoms with van der Waals surface area (Å²) in [5.41, 5.74) is 2.15. The fraction of sp³-hybridized carbons (Fsp3) is 0.316. The molecule has 0 saturated heterocycles. The maximum atomic E-state index is 6.00. The van der Waals surface area contributed by atoms with Gasteiger partial charge in [-0.15, -0.1) is 0 Å². The molecule has 0 amide bonds. The highest BCUT2D eigenvalue weighted by atomic mass is 79.9. The van der Waals surface area contributed by atoms with Gasteiger partial charge >= 0.3 is 0 Å². The second kappa shape index (κ2) is 6.82. The van der Waals surface area contributed by atoms with E-state index in [1.54, 1.807) is 0 Å². The van der Waals surface area contributed by atoms with Crippen molar-refractivity contribution in [1.29, 1.82) is 0 Å². The van der Waals surface area contributed by atoms with Crippen LogP contribution in [-0.4, -0.2) is 35.5 Å². The molecule has 0 aliphatic rings. The molecule has 5 heteroatoms. The van der Waals surface area contributed by atoms with Gasteiger partial charge in [0.15, 0.2) is 0 Å². The summed E-state index contributed by atoms with van der Waals surface area (Å²) in [4.78, 5) is 2.17. The molecule has 0 bridgehead atoms. The van der Waals surface area contributed by atoms with E-state index >= 15 is 0 Å². The Morgan fingerprint density at radius 1 is 1.12 bits per heavy atom. The number of ether oxygens (including phenoxy) is 1. The molecular formula is C19H21BrN2OS. The van der Waals surface area contributed by atoms with Crippen LogP contribution in [0.2, 0.25) is 0 Å². The smallest absolute Gasteiger partial charge is 0.120 e. The average molecular weight is 405 g/mol. The Hall–Kier alpha value is -1.43. The van der Waals surface area contributed by atoms with E-state index in [9.17, 15) is 0 Å². The zero-order chi connectivity index (χ0) is 17.3. The van der Waals surface area contributed by atoms with Gasteiger partial charge in [-0.3, -0.25) is 0 Å². The average Bonchev–Trinajstić information content (AvgIpc) is 2.97. The van der Waals surface area contributed by atoms with Gasteiger partial charge in [0, 0.05) is 21.0 Å². The van der Waals surface area contributed by atoms with Crippen LogP contribution in [0, 0.1) is 0 Å². The van der Waals surface area contributed by atoms with Crippen molar-refractivity contribution in [3.8, 4) is 17.0 Å². The molecule has 0 saturated carbocycles.